The molecular formula is C30H40F2N8O2. The lowest BCUT2D eigenvalue weighted by Gasteiger charge is -2.31. The Morgan fingerprint density at radius 2 is 1.64 bits per heavy atom. The number of anilines is 2. The number of carbonyl (C=O) groups excluding carboxylic acids is 1. The van der Waals surface area contributed by atoms with E-state index >= 15 is 0 Å². The van der Waals surface area contributed by atoms with Gasteiger partial charge in [-0.05, 0) is 63.7 Å². The second-order valence-corrected chi connectivity index (χ2v) is 11.6. The highest BCUT2D eigenvalue weighted by atomic mass is 19.3. The molecule has 226 valence electrons. The minimum atomic E-state index is -2.76. The Morgan fingerprint density at radius 1 is 0.929 bits per heavy atom. The molecule has 1 amide bonds. The first-order chi connectivity index (χ1) is 20.5. The van der Waals surface area contributed by atoms with E-state index in [9.17, 15) is 13.6 Å². The highest BCUT2D eigenvalue weighted by molar-refractivity contribution is 5.79. The van der Waals surface area contributed by atoms with E-state index in [1.54, 1.807) is 24.3 Å². The Bertz CT molecular complexity index is 1350. The molecule has 42 heavy (non-hydrogen) atoms. The zero-order valence-corrected chi connectivity index (χ0v) is 24.0. The first kappa shape index (κ1) is 28.7. The van der Waals surface area contributed by atoms with E-state index in [-0.39, 0.29) is 23.8 Å². The van der Waals surface area contributed by atoms with Crippen molar-refractivity contribution in [2.75, 3.05) is 56.2 Å². The smallest absolute Gasteiger partial charge is 0.296 e. The fourth-order valence-electron chi connectivity index (χ4n) is 6.31. The topological polar surface area (TPSA) is 100 Å². The number of hydrogen-bond acceptors (Lipinski definition) is 8. The van der Waals surface area contributed by atoms with Crippen molar-refractivity contribution in [3.63, 3.8) is 0 Å². The van der Waals surface area contributed by atoms with E-state index < -0.39 is 6.43 Å². The lowest BCUT2D eigenvalue weighted by atomic mass is 9.91. The van der Waals surface area contributed by atoms with Gasteiger partial charge >= 0.3 is 0 Å². The number of fused-ring (bicyclic) bond motifs is 1. The van der Waals surface area contributed by atoms with E-state index in [4.69, 9.17) is 14.7 Å². The summed E-state index contributed by atoms with van der Waals surface area (Å²) in [6, 6.07) is 9.15. The third-order valence-corrected chi connectivity index (χ3v) is 8.52. The van der Waals surface area contributed by atoms with E-state index in [2.05, 4.69) is 20.5 Å². The van der Waals surface area contributed by atoms with Gasteiger partial charge in [0.2, 0.25) is 11.9 Å². The molecule has 3 aliphatic rings. The second-order valence-electron chi connectivity index (χ2n) is 11.6. The van der Waals surface area contributed by atoms with Gasteiger partial charge in [-0.3, -0.25) is 14.3 Å². The molecule has 3 fully saturated rings. The van der Waals surface area contributed by atoms with Crippen molar-refractivity contribution in [3.8, 4) is 5.82 Å². The van der Waals surface area contributed by atoms with Gasteiger partial charge in [-0.25, -0.2) is 13.8 Å². The number of likely N-dealkylation sites (tertiary alicyclic amines) is 1. The van der Waals surface area contributed by atoms with E-state index in [0.29, 0.717) is 61.5 Å². The summed E-state index contributed by atoms with van der Waals surface area (Å²) in [5.74, 6) is 1.20. The van der Waals surface area contributed by atoms with Gasteiger partial charge in [-0.1, -0.05) is 25.0 Å². The number of rotatable bonds is 8. The van der Waals surface area contributed by atoms with Crippen LogP contribution in [0.2, 0.25) is 0 Å². The van der Waals surface area contributed by atoms with Gasteiger partial charge in [-0.15, -0.1) is 0 Å². The number of nitrogens with zero attached hydrogens (tertiary/aromatic N) is 6. The summed E-state index contributed by atoms with van der Waals surface area (Å²) in [5, 5.41) is 6.81. The molecule has 12 heteroatoms. The summed E-state index contributed by atoms with van der Waals surface area (Å²) in [6.45, 7) is 4.85. The monoisotopic (exact) mass is 582 g/mol. The van der Waals surface area contributed by atoms with Crippen LogP contribution in [0.25, 0.3) is 16.9 Å². The van der Waals surface area contributed by atoms with Crippen LogP contribution in [-0.2, 0) is 9.53 Å². The highest BCUT2D eigenvalue weighted by Crippen LogP contribution is 2.30. The van der Waals surface area contributed by atoms with E-state index in [0.717, 1.165) is 38.8 Å². The molecule has 2 saturated heterocycles. The third kappa shape index (κ3) is 6.81. The largest absolute Gasteiger partial charge is 0.378 e. The standard InChI is InChI=1S/C30H40F2N8O2/c31-28(32)29-35-23-7-3-4-8-24(23)40(29)26-19-25(36-30(37-26)39-15-17-42-18-16-39)33-21-9-11-22(12-10-21)34-27(41)20-38-13-5-1-2-6-14-38/h3-4,7-8,19,21-22,28H,1-2,5-6,9-18,20H2,(H,34,41)(H,33,36,37). The molecule has 10 nitrogen and oxygen atoms in total. The normalized spacial score (nSPS) is 22.3. The Morgan fingerprint density at radius 3 is 2.38 bits per heavy atom. The fraction of sp³-hybridized carbons (Fsp3) is 0.600. The molecule has 2 aliphatic heterocycles. The summed E-state index contributed by atoms with van der Waals surface area (Å²) < 4.78 is 35.3. The Kier molecular flexibility index (Phi) is 9.09. The van der Waals surface area contributed by atoms with E-state index in [1.165, 1.54) is 30.3 Å². The molecule has 0 bridgehead atoms. The number of nitrogens with one attached hydrogen (secondary N) is 2. The van der Waals surface area contributed by atoms with Crippen molar-refractivity contribution in [2.45, 2.75) is 69.9 Å². The summed E-state index contributed by atoms with van der Waals surface area (Å²) in [4.78, 5) is 30.8. The van der Waals surface area contributed by atoms with Crippen molar-refractivity contribution in [1.82, 2.24) is 29.7 Å². The Hall–Kier alpha value is -3.38. The minimum Gasteiger partial charge on any atom is -0.378 e. The van der Waals surface area contributed by atoms with Gasteiger partial charge in [0.05, 0.1) is 30.8 Å². The number of aromatic nitrogens is 4. The van der Waals surface area contributed by atoms with Crippen molar-refractivity contribution in [3.05, 3.63) is 36.2 Å². The predicted octanol–water partition coefficient (Wildman–Crippen LogP) is 4.31. The molecule has 4 heterocycles. The average molecular weight is 583 g/mol. The van der Waals surface area contributed by atoms with Crippen LogP contribution in [0, 0.1) is 0 Å². The summed E-state index contributed by atoms with van der Waals surface area (Å²) in [7, 11) is 0. The number of morpholine rings is 1. The van der Waals surface area contributed by atoms with E-state index in [1.807, 2.05) is 11.0 Å². The molecule has 1 aromatic carbocycles. The highest BCUT2D eigenvalue weighted by Gasteiger charge is 2.26. The maximum atomic E-state index is 14.2. The first-order valence-corrected chi connectivity index (χ1v) is 15.3. The van der Waals surface area contributed by atoms with Crippen molar-refractivity contribution in [2.24, 2.45) is 0 Å². The van der Waals surface area contributed by atoms with Gasteiger partial charge in [0.1, 0.15) is 11.6 Å². The Balaban J connectivity index is 1.17. The first-order valence-electron chi connectivity index (χ1n) is 15.3. The molecule has 0 radical (unpaired) electrons. The lowest BCUT2D eigenvalue weighted by Crippen LogP contribution is -2.44. The van der Waals surface area contributed by atoms with Gasteiger partial charge in [0.15, 0.2) is 5.82 Å². The molecule has 0 spiro atoms. The maximum absolute atomic E-state index is 14.2. The number of alkyl halides is 2. The van der Waals surface area contributed by atoms with Crippen LogP contribution in [0.3, 0.4) is 0 Å². The Labute approximate surface area is 244 Å². The zero-order valence-electron chi connectivity index (χ0n) is 24.0. The van der Waals surface area contributed by atoms with Crippen LogP contribution < -0.4 is 15.5 Å². The van der Waals surface area contributed by atoms with Crippen LogP contribution in [0.5, 0.6) is 0 Å². The van der Waals surface area contributed by atoms with Crippen LogP contribution in [-0.4, -0.2) is 88.3 Å². The van der Waals surface area contributed by atoms with Gasteiger partial charge < -0.3 is 20.3 Å². The molecule has 0 unspecified atom stereocenters. The zero-order chi connectivity index (χ0) is 28.9. The van der Waals surface area contributed by atoms with Gasteiger partial charge in [-0.2, -0.15) is 9.97 Å². The molecule has 1 saturated carbocycles. The molecular weight excluding hydrogens is 542 g/mol. The minimum absolute atomic E-state index is 0.117. The van der Waals surface area contributed by atoms with Crippen molar-refractivity contribution >= 4 is 28.7 Å². The summed E-state index contributed by atoms with van der Waals surface area (Å²) in [5.41, 5.74) is 1.06. The number of para-hydroxylation sites is 2. The number of halogens is 2. The van der Waals surface area contributed by atoms with Crippen LogP contribution in [0.15, 0.2) is 30.3 Å². The van der Waals surface area contributed by atoms with Crippen molar-refractivity contribution in [1.29, 1.82) is 0 Å². The summed E-state index contributed by atoms with van der Waals surface area (Å²) in [6.07, 6.45) is 5.57. The SMILES string of the molecule is O=C(CN1CCCCCC1)NC1CCC(Nc2cc(-n3c(C(F)F)nc4ccccc43)nc(N3CCOCC3)n2)CC1. The number of imidazole rings is 1. The number of hydrogen-bond donors (Lipinski definition) is 2. The maximum Gasteiger partial charge on any atom is 0.296 e. The number of benzene rings is 1. The second kappa shape index (κ2) is 13.3. The molecule has 6 rings (SSSR count). The van der Waals surface area contributed by atoms with Gasteiger partial charge in [0, 0.05) is 31.2 Å². The quantitative estimate of drug-likeness (QED) is 0.406. The van der Waals surface area contributed by atoms with Gasteiger partial charge in [0.25, 0.3) is 6.43 Å². The van der Waals surface area contributed by atoms with Crippen LogP contribution >= 0.6 is 0 Å². The molecule has 2 N–H and O–H groups in total. The van der Waals surface area contributed by atoms with Crippen LogP contribution in [0.4, 0.5) is 20.5 Å². The van der Waals surface area contributed by atoms with Crippen molar-refractivity contribution < 1.29 is 18.3 Å². The molecule has 1 aliphatic carbocycles. The molecule has 3 aromatic rings. The lowest BCUT2D eigenvalue weighted by molar-refractivity contribution is -0.123. The predicted molar refractivity (Wildman–Crippen MR) is 157 cm³/mol. The fourth-order valence-corrected chi connectivity index (χ4v) is 6.31. The molecule has 0 atom stereocenters. The average Bonchev–Trinajstić information content (AvgIpc) is 3.22. The summed E-state index contributed by atoms with van der Waals surface area (Å²) >= 11 is 0. The molecule has 2 aromatic heterocycles. The number of amides is 1. The van der Waals surface area contributed by atoms with Crippen LogP contribution in [0.1, 0.15) is 63.6 Å². The number of carbonyl (C=O) groups is 1. The third-order valence-electron chi connectivity index (χ3n) is 8.52. The number of ether oxygens (including phenoxy) is 1.